The van der Waals surface area contributed by atoms with Gasteiger partial charge in [0.25, 0.3) is 0 Å². The van der Waals surface area contributed by atoms with Crippen LogP contribution >= 0.6 is 15.9 Å². The lowest BCUT2D eigenvalue weighted by Crippen LogP contribution is -2.35. The van der Waals surface area contributed by atoms with E-state index in [0.29, 0.717) is 12.5 Å². The maximum Gasteiger partial charge on any atom is 0.0491 e. The average Bonchev–Trinajstić information content (AvgIpc) is 2.42. The summed E-state index contributed by atoms with van der Waals surface area (Å²) in [5.74, 6) is 0.714. The van der Waals surface area contributed by atoms with Crippen molar-refractivity contribution in [1.82, 2.24) is 0 Å². The third-order valence-electron chi connectivity index (χ3n) is 3.82. The summed E-state index contributed by atoms with van der Waals surface area (Å²) in [6.45, 7) is 3.82. The average molecular weight is 327 g/mol. The molecule has 1 aromatic carbocycles. The van der Waals surface area contributed by atoms with Crippen molar-refractivity contribution in [2.24, 2.45) is 11.7 Å². The van der Waals surface area contributed by atoms with Gasteiger partial charge in [0, 0.05) is 37.0 Å². The standard InChI is InChI=1S/C15H23BrN2O/c1-19-11-12-5-8-18(9-6-12)15-10-14(16)3-2-13(15)4-7-17/h2-3,10,12H,4-9,11,17H2,1H3. The number of piperidine rings is 1. The van der Waals surface area contributed by atoms with E-state index >= 15 is 0 Å². The van der Waals surface area contributed by atoms with E-state index in [9.17, 15) is 0 Å². The number of anilines is 1. The van der Waals surface area contributed by atoms with Gasteiger partial charge in [-0.15, -0.1) is 0 Å². The highest BCUT2D eigenvalue weighted by Gasteiger charge is 2.20. The maximum absolute atomic E-state index is 5.71. The lowest BCUT2D eigenvalue weighted by molar-refractivity contribution is 0.139. The van der Waals surface area contributed by atoms with Gasteiger partial charge in [-0.1, -0.05) is 22.0 Å². The third kappa shape index (κ3) is 3.94. The lowest BCUT2D eigenvalue weighted by atomic mass is 9.96. The third-order valence-corrected chi connectivity index (χ3v) is 4.31. The van der Waals surface area contributed by atoms with Crippen LogP contribution < -0.4 is 10.6 Å². The molecule has 1 aliphatic rings. The van der Waals surface area contributed by atoms with Crippen molar-refractivity contribution in [1.29, 1.82) is 0 Å². The van der Waals surface area contributed by atoms with Crippen molar-refractivity contribution in [3.63, 3.8) is 0 Å². The first kappa shape index (κ1) is 14.8. The van der Waals surface area contributed by atoms with Crippen molar-refractivity contribution in [2.45, 2.75) is 19.3 Å². The Bertz CT molecular complexity index is 403. The Morgan fingerprint density at radius 3 is 2.74 bits per heavy atom. The molecule has 0 aliphatic carbocycles. The minimum absolute atomic E-state index is 0.703. The van der Waals surface area contributed by atoms with E-state index < -0.39 is 0 Å². The quantitative estimate of drug-likeness (QED) is 0.904. The van der Waals surface area contributed by atoms with Gasteiger partial charge in [-0.2, -0.15) is 0 Å². The molecule has 2 N–H and O–H groups in total. The van der Waals surface area contributed by atoms with Gasteiger partial charge in [-0.3, -0.25) is 0 Å². The molecule has 1 aliphatic heterocycles. The topological polar surface area (TPSA) is 38.5 Å². The van der Waals surface area contributed by atoms with E-state index in [1.54, 1.807) is 7.11 Å². The zero-order valence-corrected chi connectivity index (χ0v) is 13.2. The molecule has 19 heavy (non-hydrogen) atoms. The summed E-state index contributed by atoms with van der Waals surface area (Å²) >= 11 is 3.57. The normalized spacial score (nSPS) is 16.9. The minimum atomic E-state index is 0.703. The number of benzene rings is 1. The molecule has 1 saturated heterocycles. The predicted octanol–water partition coefficient (Wildman–Crippen LogP) is 2.81. The molecule has 2 rings (SSSR count). The predicted molar refractivity (Wildman–Crippen MR) is 83.7 cm³/mol. The summed E-state index contributed by atoms with van der Waals surface area (Å²) in [6.07, 6.45) is 3.37. The summed E-state index contributed by atoms with van der Waals surface area (Å²) in [5, 5.41) is 0. The summed E-state index contributed by atoms with van der Waals surface area (Å²) in [5.41, 5.74) is 8.41. The van der Waals surface area contributed by atoms with Crippen LogP contribution in [0.4, 0.5) is 5.69 Å². The summed E-state index contributed by atoms with van der Waals surface area (Å²) in [4.78, 5) is 2.49. The van der Waals surface area contributed by atoms with Gasteiger partial charge in [0.2, 0.25) is 0 Å². The number of ether oxygens (including phenoxy) is 1. The highest BCUT2D eigenvalue weighted by atomic mass is 79.9. The first-order valence-electron chi connectivity index (χ1n) is 6.97. The molecular weight excluding hydrogens is 304 g/mol. The van der Waals surface area contributed by atoms with Crippen molar-refractivity contribution >= 4 is 21.6 Å². The van der Waals surface area contributed by atoms with E-state index in [4.69, 9.17) is 10.5 Å². The number of nitrogens with two attached hydrogens (primary N) is 1. The zero-order chi connectivity index (χ0) is 13.7. The Morgan fingerprint density at radius 2 is 2.11 bits per heavy atom. The largest absolute Gasteiger partial charge is 0.384 e. The molecule has 1 aromatic rings. The first-order valence-corrected chi connectivity index (χ1v) is 7.76. The Hall–Kier alpha value is -0.580. The lowest BCUT2D eigenvalue weighted by Gasteiger charge is -2.34. The van der Waals surface area contributed by atoms with Crippen LogP contribution in [0.25, 0.3) is 0 Å². The van der Waals surface area contributed by atoms with Crippen LogP contribution in [0.2, 0.25) is 0 Å². The minimum Gasteiger partial charge on any atom is -0.384 e. The Morgan fingerprint density at radius 1 is 1.37 bits per heavy atom. The van der Waals surface area contributed by atoms with Crippen LogP contribution in [0, 0.1) is 5.92 Å². The molecule has 1 heterocycles. The highest BCUT2D eigenvalue weighted by molar-refractivity contribution is 9.10. The number of nitrogens with zero attached hydrogens (tertiary/aromatic N) is 1. The van der Waals surface area contributed by atoms with Gasteiger partial charge in [0.05, 0.1) is 0 Å². The second kappa shape index (κ2) is 7.27. The van der Waals surface area contributed by atoms with Gasteiger partial charge >= 0.3 is 0 Å². The Balaban J connectivity index is 2.07. The van der Waals surface area contributed by atoms with Crippen LogP contribution in [0.5, 0.6) is 0 Å². The molecule has 106 valence electrons. The van der Waals surface area contributed by atoms with E-state index in [1.807, 2.05) is 0 Å². The van der Waals surface area contributed by atoms with Crippen LogP contribution in [0.15, 0.2) is 22.7 Å². The van der Waals surface area contributed by atoms with E-state index in [0.717, 1.165) is 30.6 Å². The summed E-state index contributed by atoms with van der Waals surface area (Å²) in [6, 6.07) is 6.52. The van der Waals surface area contributed by atoms with Gasteiger partial charge in [-0.05, 0) is 49.4 Å². The number of hydrogen-bond acceptors (Lipinski definition) is 3. The SMILES string of the molecule is COCC1CCN(c2cc(Br)ccc2CCN)CC1. The molecule has 0 amide bonds. The van der Waals surface area contributed by atoms with Crippen LogP contribution in [-0.2, 0) is 11.2 Å². The van der Waals surface area contributed by atoms with Gasteiger partial charge in [0.15, 0.2) is 0 Å². The zero-order valence-electron chi connectivity index (χ0n) is 11.6. The first-order chi connectivity index (χ1) is 9.24. The van der Waals surface area contributed by atoms with E-state index in [1.165, 1.54) is 24.1 Å². The number of halogens is 1. The highest BCUT2D eigenvalue weighted by Crippen LogP contribution is 2.29. The Kier molecular flexibility index (Phi) is 5.67. The number of hydrogen-bond donors (Lipinski definition) is 1. The van der Waals surface area contributed by atoms with Crippen LogP contribution in [0.1, 0.15) is 18.4 Å². The van der Waals surface area contributed by atoms with Crippen LogP contribution in [-0.4, -0.2) is 33.4 Å². The molecule has 0 aromatic heterocycles. The molecule has 0 unspecified atom stereocenters. The molecule has 0 bridgehead atoms. The maximum atomic E-state index is 5.71. The van der Waals surface area contributed by atoms with Gasteiger partial charge < -0.3 is 15.4 Å². The number of methoxy groups -OCH3 is 1. The molecule has 0 saturated carbocycles. The van der Waals surface area contributed by atoms with Crippen LogP contribution in [0.3, 0.4) is 0 Å². The fourth-order valence-electron chi connectivity index (χ4n) is 2.77. The van der Waals surface area contributed by atoms with E-state index in [2.05, 4.69) is 39.0 Å². The molecule has 4 heteroatoms. The molecule has 0 spiro atoms. The molecule has 0 atom stereocenters. The smallest absolute Gasteiger partial charge is 0.0491 e. The number of rotatable bonds is 5. The summed E-state index contributed by atoms with van der Waals surface area (Å²) in [7, 11) is 1.79. The molecule has 0 radical (unpaired) electrons. The molecular formula is C15H23BrN2O. The Labute approximate surface area is 124 Å². The van der Waals surface area contributed by atoms with Crippen molar-refractivity contribution in [3.05, 3.63) is 28.2 Å². The van der Waals surface area contributed by atoms with Crippen molar-refractivity contribution < 1.29 is 4.74 Å². The van der Waals surface area contributed by atoms with Crippen molar-refractivity contribution in [3.8, 4) is 0 Å². The second-order valence-corrected chi connectivity index (χ2v) is 6.11. The second-order valence-electron chi connectivity index (χ2n) is 5.20. The van der Waals surface area contributed by atoms with Gasteiger partial charge in [0.1, 0.15) is 0 Å². The van der Waals surface area contributed by atoms with Gasteiger partial charge in [-0.25, -0.2) is 0 Å². The summed E-state index contributed by atoms with van der Waals surface area (Å²) < 4.78 is 6.40. The molecule has 1 fully saturated rings. The monoisotopic (exact) mass is 326 g/mol. The molecule has 3 nitrogen and oxygen atoms in total. The fourth-order valence-corrected chi connectivity index (χ4v) is 3.12. The van der Waals surface area contributed by atoms with E-state index in [-0.39, 0.29) is 0 Å². The van der Waals surface area contributed by atoms with Crippen molar-refractivity contribution in [2.75, 3.05) is 38.3 Å². The fraction of sp³-hybridized carbons (Fsp3) is 0.600.